The zero-order valence-electron chi connectivity index (χ0n) is 6.37. The number of hydrogen-bond donors (Lipinski definition) is 0. The normalized spacial score (nSPS) is 20.8. The van der Waals surface area contributed by atoms with Crippen molar-refractivity contribution in [1.29, 1.82) is 0 Å². The highest BCUT2D eigenvalue weighted by atomic mass is 16.6. The number of cyclic esters (lactones) is 2. The van der Waals surface area contributed by atoms with Crippen LogP contribution in [0.15, 0.2) is 12.2 Å². The van der Waals surface area contributed by atoms with Crippen molar-refractivity contribution < 1.29 is 14.3 Å². The van der Waals surface area contributed by atoms with E-state index in [0.29, 0.717) is 12.8 Å². The number of carbonyl (C=O) groups excluding carboxylic acids is 2. The molecule has 11 heavy (non-hydrogen) atoms. The van der Waals surface area contributed by atoms with Crippen LogP contribution in [0.25, 0.3) is 0 Å². The molecule has 1 saturated heterocycles. The average molecular weight is 154 g/mol. The van der Waals surface area contributed by atoms with Gasteiger partial charge in [0.1, 0.15) is 0 Å². The molecule has 0 saturated carbocycles. The molecular weight excluding hydrogens is 144 g/mol. The van der Waals surface area contributed by atoms with E-state index in [0.717, 1.165) is 0 Å². The molecule has 1 aliphatic rings. The summed E-state index contributed by atoms with van der Waals surface area (Å²) in [6.45, 7) is 1.87. The first kappa shape index (κ1) is 7.98. The second-order valence-corrected chi connectivity index (χ2v) is 2.54. The van der Waals surface area contributed by atoms with E-state index in [2.05, 4.69) is 4.74 Å². The van der Waals surface area contributed by atoms with E-state index in [-0.39, 0.29) is 5.92 Å². The van der Waals surface area contributed by atoms with Crippen LogP contribution in [0.5, 0.6) is 0 Å². The van der Waals surface area contributed by atoms with Crippen molar-refractivity contribution in [2.24, 2.45) is 5.92 Å². The molecule has 1 fully saturated rings. The summed E-state index contributed by atoms with van der Waals surface area (Å²) in [6.07, 6.45) is 4.36. The van der Waals surface area contributed by atoms with Crippen molar-refractivity contribution >= 4 is 11.9 Å². The molecule has 0 unspecified atom stereocenters. The predicted octanol–water partition coefficient (Wildman–Crippen LogP) is 1.04. The number of carbonyl (C=O) groups is 2. The Kier molecular flexibility index (Phi) is 2.41. The van der Waals surface area contributed by atoms with Crippen LogP contribution < -0.4 is 0 Å². The lowest BCUT2D eigenvalue weighted by atomic mass is 9.99. The quantitative estimate of drug-likeness (QED) is 0.322. The first-order valence-electron chi connectivity index (χ1n) is 3.58. The van der Waals surface area contributed by atoms with Gasteiger partial charge in [0.2, 0.25) is 0 Å². The largest absolute Gasteiger partial charge is 0.393 e. The fourth-order valence-corrected chi connectivity index (χ4v) is 1.12. The van der Waals surface area contributed by atoms with Crippen molar-refractivity contribution in [2.45, 2.75) is 19.8 Å². The Hall–Kier alpha value is -1.12. The van der Waals surface area contributed by atoms with Crippen LogP contribution in [0.1, 0.15) is 19.8 Å². The topological polar surface area (TPSA) is 43.4 Å². The number of ether oxygens (including phenoxy) is 1. The minimum Gasteiger partial charge on any atom is -0.393 e. The summed E-state index contributed by atoms with van der Waals surface area (Å²) in [6, 6.07) is 0. The first-order chi connectivity index (χ1) is 5.22. The van der Waals surface area contributed by atoms with Crippen LogP contribution in [-0.2, 0) is 14.3 Å². The van der Waals surface area contributed by atoms with Crippen LogP contribution in [-0.4, -0.2) is 11.9 Å². The minimum absolute atomic E-state index is 0.0498. The number of allylic oxidation sites excluding steroid dienone is 2. The summed E-state index contributed by atoms with van der Waals surface area (Å²) >= 11 is 0. The molecule has 1 aliphatic heterocycles. The van der Waals surface area contributed by atoms with E-state index >= 15 is 0 Å². The first-order valence-corrected chi connectivity index (χ1v) is 3.58. The van der Waals surface area contributed by atoms with Crippen LogP contribution in [0.4, 0.5) is 0 Å². The van der Waals surface area contributed by atoms with Gasteiger partial charge in [-0.15, -0.1) is 0 Å². The SMILES string of the molecule is C/C=C\C1CC(=O)OC(=O)C1. The van der Waals surface area contributed by atoms with Crippen molar-refractivity contribution in [3.8, 4) is 0 Å². The van der Waals surface area contributed by atoms with E-state index in [4.69, 9.17) is 0 Å². The maximum absolute atomic E-state index is 10.7. The summed E-state index contributed by atoms with van der Waals surface area (Å²) in [5.74, 6) is -0.776. The zero-order valence-corrected chi connectivity index (χ0v) is 6.37. The molecule has 0 aromatic carbocycles. The van der Waals surface area contributed by atoms with Gasteiger partial charge in [-0.3, -0.25) is 9.59 Å². The molecule has 0 aliphatic carbocycles. The highest BCUT2D eigenvalue weighted by Gasteiger charge is 2.24. The van der Waals surface area contributed by atoms with Crippen LogP contribution >= 0.6 is 0 Å². The van der Waals surface area contributed by atoms with Gasteiger partial charge in [0.05, 0.1) is 12.8 Å². The molecule has 60 valence electrons. The molecule has 0 aromatic heterocycles. The van der Waals surface area contributed by atoms with E-state index in [1.54, 1.807) is 0 Å². The maximum atomic E-state index is 10.7. The lowest BCUT2D eigenvalue weighted by Gasteiger charge is -2.15. The van der Waals surface area contributed by atoms with E-state index in [1.165, 1.54) is 0 Å². The number of hydrogen-bond acceptors (Lipinski definition) is 3. The lowest BCUT2D eigenvalue weighted by molar-refractivity contribution is -0.164. The highest BCUT2D eigenvalue weighted by Crippen LogP contribution is 2.17. The molecule has 0 amide bonds. The fraction of sp³-hybridized carbons (Fsp3) is 0.500. The van der Waals surface area contributed by atoms with Crippen molar-refractivity contribution in [1.82, 2.24) is 0 Å². The van der Waals surface area contributed by atoms with Crippen LogP contribution in [0.3, 0.4) is 0 Å². The molecule has 0 N–H and O–H groups in total. The Bertz CT molecular complexity index is 189. The Morgan fingerprint density at radius 3 is 2.36 bits per heavy atom. The Labute approximate surface area is 65.0 Å². The smallest absolute Gasteiger partial charge is 0.314 e. The molecule has 0 atom stereocenters. The second-order valence-electron chi connectivity index (χ2n) is 2.54. The summed E-state index contributed by atoms with van der Waals surface area (Å²) in [4.78, 5) is 21.4. The predicted molar refractivity (Wildman–Crippen MR) is 38.6 cm³/mol. The Morgan fingerprint density at radius 2 is 1.91 bits per heavy atom. The third-order valence-corrected chi connectivity index (χ3v) is 1.55. The van der Waals surface area contributed by atoms with Crippen LogP contribution in [0, 0.1) is 5.92 Å². The number of esters is 2. The van der Waals surface area contributed by atoms with Gasteiger partial charge in [0, 0.05) is 0 Å². The molecular formula is C8H10O3. The van der Waals surface area contributed by atoms with E-state index in [1.807, 2.05) is 19.1 Å². The highest BCUT2D eigenvalue weighted by molar-refractivity contribution is 5.88. The summed E-state index contributed by atoms with van der Waals surface area (Å²) in [5, 5.41) is 0. The van der Waals surface area contributed by atoms with Crippen molar-refractivity contribution in [3.05, 3.63) is 12.2 Å². The third kappa shape index (κ3) is 2.18. The van der Waals surface area contributed by atoms with Gasteiger partial charge < -0.3 is 4.74 Å². The van der Waals surface area contributed by atoms with Crippen LogP contribution in [0.2, 0.25) is 0 Å². The summed E-state index contributed by atoms with van der Waals surface area (Å²) < 4.78 is 4.35. The van der Waals surface area contributed by atoms with Crippen molar-refractivity contribution in [3.63, 3.8) is 0 Å². The molecule has 0 spiro atoms. The van der Waals surface area contributed by atoms with Gasteiger partial charge in [0.25, 0.3) is 0 Å². The van der Waals surface area contributed by atoms with Gasteiger partial charge in [0.15, 0.2) is 0 Å². The van der Waals surface area contributed by atoms with Gasteiger partial charge in [-0.2, -0.15) is 0 Å². The molecule has 0 bridgehead atoms. The molecule has 1 rings (SSSR count). The molecule has 1 heterocycles. The number of rotatable bonds is 1. The molecule has 0 aromatic rings. The fourth-order valence-electron chi connectivity index (χ4n) is 1.12. The van der Waals surface area contributed by atoms with Gasteiger partial charge in [-0.25, -0.2) is 0 Å². The second kappa shape index (κ2) is 3.32. The summed E-state index contributed by atoms with van der Waals surface area (Å²) in [7, 11) is 0. The van der Waals surface area contributed by atoms with E-state index < -0.39 is 11.9 Å². The maximum Gasteiger partial charge on any atom is 0.314 e. The van der Waals surface area contributed by atoms with Gasteiger partial charge >= 0.3 is 11.9 Å². The molecule has 0 radical (unpaired) electrons. The molecule has 3 nitrogen and oxygen atoms in total. The monoisotopic (exact) mass is 154 g/mol. The standard InChI is InChI=1S/C8H10O3/c1-2-3-6-4-7(9)11-8(10)5-6/h2-3,6H,4-5H2,1H3/b3-2-. The lowest BCUT2D eigenvalue weighted by Crippen LogP contribution is -2.24. The summed E-state index contributed by atoms with van der Waals surface area (Å²) in [5.41, 5.74) is 0. The molecule has 3 heteroatoms. The Balaban J connectivity index is 2.56. The van der Waals surface area contributed by atoms with Gasteiger partial charge in [-0.05, 0) is 12.8 Å². The average Bonchev–Trinajstić information content (AvgIpc) is 1.85. The zero-order chi connectivity index (χ0) is 8.27. The van der Waals surface area contributed by atoms with Crippen molar-refractivity contribution in [2.75, 3.05) is 0 Å². The third-order valence-electron chi connectivity index (χ3n) is 1.55. The van der Waals surface area contributed by atoms with E-state index in [9.17, 15) is 9.59 Å². The van der Waals surface area contributed by atoms with Gasteiger partial charge in [-0.1, -0.05) is 12.2 Å². The Morgan fingerprint density at radius 1 is 1.36 bits per heavy atom. The minimum atomic E-state index is -0.413.